The van der Waals surface area contributed by atoms with Crippen LogP contribution in [0.25, 0.3) is 0 Å². The topological polar surface area (TPSA) is 87.1 Å². The van der Waals surface area contributed by atoms with Crippen LogP contribution in [0.3, 0.4) is 0 Å². The van der Waals surface area contributed by atoms with Crippen molar-refractivity contribution in [2.45, 2.75) is 60.6 Å². The maximum atomic E-state index is 14.8. The van der Waals surface area contributed by atoms with Crippen LogP contribution in [0.2, 0.25) is 5.02 Å². The number of rotatable bonds is 14. The highest BCUT2D eigenvalue weighted by atomic mass is 35.5. The lowest BCUT2D eigenvalue weighted by molar-refractivity contribution is -0.154. The maximum Gasteiger partial charge on any atom is 0.310 e. The molecule has 228 valence electrons. The number of halogens is 1. The van der Waals surface area contributed by atoms with Crippen LogP contribution in [-0.4, -0.2) is 69.6 Å². The summed E-state index contributed by atoms with van der Waals surface area (Å²) in [5.74, 6) is -2.29. The average molecular weight is 623 g/mol. The van der Waals surface area contributed by atoms with Gasteiger partial charge in [-0.05, 0) is 56.2 Å². The molecule has 0 aliphatic carbocycles. The van der Waals surface area contributed by atoms with Crippen LogP contribution >= 0.6 is 23.4 Å². The lowest BCUT2D eigenvalue weighted by atomic mass is 9.71. The van der Waals surface area contributed by atoms with Gasteiger partial charge in [0.1, 0.15) is 6.04 Å². The molecule has 2 unspecified atom stereocenters. The van der Waals surface area contributed by atoms with Gasteiger partial charge in [-0.25, -0.2) is 0 Å². The number of allylic oxidation sites excluding steroid dienone is 1. The summed E-state index contributed by atoms with van der Waals surface area (Å²) < 4.78 is 4.91. The Balaban J connectivity index is 1.53. The minimum Gasteiger partial charge on any atom is -0.465 e. The summed E-state index contributed by atoms with van der Waals surface area (Å²) >= 11 is 8.16. The minimum absolute atomic E-state index is 0.109. The first-order chi connectivity index (χ1) is 20.9. The smallest absolute Gasteiger partial charge is 0.310 e. The third kappa shape index (κ3) is 5.89. The number of unbranched alkanes of at least 4 members (excludes halogenated alkanes) is 2. The van der Waals surface area contributed by atoms with Crippen molar-refractivity contribution in [1.29, 1.82) is 0 Å². The van der Waals surface area contributed by atoms with Crippen LogP contribution in [0.1, 0.15) is 37.7 Å². The zero-order chi connectivity index (χ0) is 30.6. The second-order valence-electron chi connectivity index (χ2n) is 11.5. The number of hydrogen-bond donors (Lipinski definition) is 1. The van der Waals surface area contributed by atoms with Gasteiger partial charge in [-0.2, -0.15) is 0 Å². The standard InChI is InChI=1S/C34H39ClN2O5S/c1-3-5-6-12-20-42-33(41)28-27-17-18-34(43-27)29(28)31(39)37(24(22-38)21-23-13-8-7-9-14-23)30(34)32(40)36(19-4-2)26-16-11-10-15-25(26)35/h3-4,7-11,13-16,24,27-30,38H,1-2,5-6,12,17-22H2/t24-,27-,28+,29+,30?,34?/m1/s1. The van der Waals surface area contributed by atoms with Crippen molar-refractivity contribution in [2.75, 3.05) is 24.7 Å². The number of fused-ring (bicyclic) bond motifs is 1. The van der Waals surface area contributed by atoms with E-state index in [4.69, 9.17) is 16.3 Å². The molecular weight excluding hydrogens is 584 g/mol. The molecular formula is C34H39ClN2O5S. The molecule has 1 N–H and O–H groups in total. The number of hydrogen-bond acceptors (Lipinski definition) is 6. The third-order valence-corrected chi connectivity index (χ3v) is 11.2. The van der Waals surface area contributed by atoms with Crippen molar-refractivity contribution in [3.8, 4) is 0 Å². The van der Waals surface area contributed by atoms with Gasteiger partial charge < -0.3 is 19.6 Å². The van der Waals surface area contributed by atoms with E-state index in [1.54, 1.807) is 45.8 Å². The van der Waals surface area contributed by atoms with E-state index >= 15 is 0 Å². The molecule has 1 spiro atoms. The largest absolute Gasteiger partial charge is 0.465 e. The fourth-order valence-electron chi connectivity index (χ4n) is 7.08. The molecule has 3 saturated heterocycles. The lowest BCUT2D eigenvalue weighted by Crippen LogP contribution is -2.58. The first-order valence-electron chi connectivity index (χ1n) is 15.0. The molecule has 3 aliphatic rings. The molecule has 0 radical (unpaired) electrons. The van der Waals surface area contributed by atoms with Gasteiger partial charge in [0, 0.05) is 11.8 Å². The van der Waals surface area contributed by atoms with Crippen molar-refractivity contribution in [2.24, 2.45) is 11.8 Å². The molecule has 3 fully saturated rings. The Morgan fingerprint density at radius 1 is 1.14 bits per heavy atom. The molecule has 0 aromatic heterocycles. The van der Waals surface area contributed by atoms with Gasteiger partial charge in [0.2, 0.25) is 5.91 Å². The summed E-state index contributed by atoms with van der Waals surface area (Å²) in [5, 5.41) is 11.0. The Labute approximate surface area is 262 Å². The summed E-state index contributed by atoms with van der Waals surface area (Å²) in [6.45, 7) is 7.75. The Morgan fingerprint density at radius 2 is 1.88 bits per heavy atom. The number of para-hydroxylation sites is 1. The normalized spacial score (nSPS) is 26.2. The van der Waals surface area contributed by atoms with Crippen molar-refractivity contribution >= 4 is 46.8 Å². The zero-order valence-electron chi connectivity index (χ0n) is 24.3. The Kier molecular flexibility index (Phi) is 9.99. The molecule has 9 heteroatoms. The van der Waals surface area contributed by atoms with E-state index < -0.39 is 28.7 Å². The Morgan fingerprint density at radius 3 is 2.58 bits per heavy atom. The first-order valence-corrected chi connectivity index (χ1v) is 16.2. The van der Waals surface area contributed by atoms with E-state index in [1.165, 1.54) is 0 Å². The van der Waals surface area contributed by atoms with E-state index in [0.29, 0.717) is 30.0 Å². The van der Waals surface area contributed by atoms with E-state index in [9.17, 15) is 19.5 Å². The van der Waals surface area contributed by atoms with Gasteiger partial charge in [-0.1, -0.05) is 66.2 Å². The number of thioether (sulfide) groups is 1. The van der Waals surface area contributed by atoms with Gasteiger partial charge in [0.15, 0.2) is 0 Å². The van der Waals surface area contributed by atoms with Crippen molar-refractivity contribution in [3.05, 3.63) is 90.5 Å². The van der Waals surface area contributed by atoms with E-state index in [1.807, 2.05) is 42.5 Å². The number of esters is 1. The number of carbonyl (C=O) groups excluding carboxylic acids is 3. The predicted molar refractivity (Wildman–Crippen MR) is 171 cm³/mol. The molecule has 2 aromatic carbocycles. The minimum atomic E-state index is -0.900. The van der Waals surface area contributed by atoms with Gasteiger partial charge in [0.25, 0.3) is 5.91 Å². The molecule has 3 heterocycles. The molecule has 5 rings (SSSR count). The van der Waals surface area contributed by atoms with E-state index in [0.717, 1.165) is 24.8 Å². The first kappa shape index (κ1) is 31.4. The summed E-state index contributed by atoms with van der Waals surface area (Å²) in [6.07, 6.45) is 7.60. The number of anilines is 1. The molecule has 2 aromatic rings. The van der Waals surface area contributed by atoms with Crippen LogP contribution in [-0.2, 0) is 25.5 Å². The summed E-state index contributed by atoms with van der Waals surface area (Å²) in [4.78, 5) is 46.1. The van der Waals surface area contributed by atoms with Gasteiger partial charge in [0.05, 0.1) is 46.5 Å². The molecule has 3 aliphatic heterocycles. The van der Waals surface area contributed by atoms with E-state index in [2.05, 4.69) is 13.2 Å². The number of benzene rings is 2. The van der Waals surface area contributed by atoms with Crippen LogP contribution in [0.15, 0.2) is 79.9 Å². The number of likely N-dealkylation sites (tertiary alicyclic amines) is 1. The fraction of sp³-hybridized carbons (Fsp3) is 0.441. The number of amides is 2. The predicted octanol–water partition coefficient (Wildman–Crippen LogP) is 5.45. The average Bonchev–Trinajstić information content (AvgIpc) is 3.66. The summed E-state index contributed by atoms with van der Waals surface area (Å²) in [6, 6.07) is 15.2. The highest BCUT2D eigenvalue weighted by Gasteiger charge is 2.74. The Hall–Kier alpha value is -3.07. The number of nitrogens with zero attached hydrogens (tertiary/aromatic N) is 2. The lowest BCUT2D eigenvalue weighted by Gasteiger charge is -2.39. The van der Waals surface area contributed by atoms with E-state index in [-0.39, 0.29) is 42.8 Å². The second-order valence-corrected chi connectivity index (χ2v) is 13.5. The number of carbonyl (C=O) groups is 3. The van der Waals surface area contributed by atoms with Crippen molar-refractivity contribution < 1.29 is 24.2 Å². The molecule has 0 saturated carbocycles. The highest BCUT2D eigenvalue weighted by Crippen LogP contribution is 2.67. The Bertz CT molecular complexity index is 1360. The van der Waals surface area contributed by atoms with Crippen LogP contribution < -0.4 is 4.90 Å². The molecule has 7 nitrogen and oxygen atoms in total. The van der Waals surface area contributed by atoms with Crippen molar-refractivity contribution in [3.63, 3.8) is 0 Å². The van der Waals surface area contributed by atoms with Crippen molar-refractivity contribution in [1.82, 2.24) is 4.90 Å². The van der Waals surface area contributed by atoms with Gasteiger partial charge >= 0.3 is 5.97 Å². The zero-order valence-corrected chi connectivity index (χ0v) is 25.8. The monoisotopic (exact) mass is 622 g/mol. The number of aliphatic hydroxyl groups excluding tert-OH is 1. The summed E-state index contributed by atoms with van der Waals surface area (Å²) in [5.41, 5.74) is 1.47. The van der Waals surface area contributed by atoms with Crippen LogP contribution in [0.5, 0.6) is 0 Å². The quantitative estimate of drug-likeness (QED) is 0.171. The fourth-order valence-corrected chi connectivity index (χ4v) is 9.51. The molecule has 6 atom stereocenters. The maximum absolute atomic E-state index is 14.8. The van der Waals surface area contributed by atoms with Crippen LogP contribution in [0, 0.1) is 11.8 Å². The second kappa shape index (κ2) is 13.7. The van der Waals surface area contributed by atoms with Crippen LogP contribution in [0.4, 0.5) is 5.69 Å². The van der Waals surface area contributed by atoms with Gasteiger partial charge in [-0.3, -0.25) is 14.4 Å². The molecule has 43 heavy (non-hydrogen) atoms. The van der Waals surface area contributed by atoms with Gasteiger partial charge in [-0.15, -0.1) is 24.9 Å². The number of ether oxygens (including phenoxy) is 1. The number of aliphatic hydroxyl groups is 1. The molecule has 2 bridgehead atoms. The SMILES string of the molecule is C=CCCCCOC(=O)[C@@H]1[C@H]2C(=O)N([C@@H](CO)Cc3ccccc3)C(C(=O)N(CC=C)c3ccccc3Cl)C23CC[C@H]1S3. The third-order valence-electron chi connectivity index (χ3n) is 8.93. The highest BCUT2D eigenvalue weighted by molar-refractivity contribution is 8.02. The molecule has 2 amide bonds. The summed E-state index contributed by atoms with van der Waals surface area (Å²) in [7, 11) is 0.